The maximum atomic E-state index is 12.0. The first-order valence-electron chi connectivity index (χ1n) is 7.22. The van der Waals surface area contributed by atoms with Gasteiger partial charge in [0.25, 0.3) is 5.91 Å². The Bertz CT molecular complexity index is 700. The van der Waals surface area contributed by atoms with E-state index in [1.807, 2.05) is 25.1 Å². The monoisotopic (exact) mass is 314 g/mol. The molecule has 23 heavy (non-hydrogen) atoms. The Morgan fingerprint density at radius 2 is 1.96 bits per heavy atom. The minimum absolute atomic E-state index is 0.193. The number of aryl methyl sites for hydroxylation is 1. The summed E-state index contributed by atoms with van der Waals surface area (Å²) in [5.74, 6) is -0.865. The first-order chi connectivity index (χ1) is 11.1. The van der Waals surface area contributed by atoms with E-state index in [2.05, 4.69) is 10.3 Å². The Balaban J connectivity index is 1.94. The predicted molar refractivity (Wildman–Crippen MR) is 85.5 cm³/mol. The molecule has 0 saturated carbocycles. The third kappa shape index (κ3) is 4.54. The first-order valence-corrected chi connectivity index (χ1v) is 7.22. The van der Waals surface area contributed by atoms with Crippen LogP contribution in [-0.4, -0.2) is 30.1 Å². The number of nitrogens with one attached hydrogen (secondary N) is 1. The molecule has 0 saturated heterocycles. The lowest BCUT2D eigenvalue weighted by atomic mass is 10.2. The Kier molecular flexibility index (Phi) is 5.68. The molecule has 0 aliphatic carbocycles. The summed E-state index contributed by atoms with van der Waals surface area (Å²) in [7, 11) is 0. The van der Waals surface area contributed by atoms with Gasteiger partial charge in [-0.25, -0.2) is 9.78 Å². The molecule has 0 aliphatic heterocycles. The molecule has 1 aromatic heterocycles. The molecule has 120 valence electrons. The summed E-state index contributed by atoms with van der Waals surface area (Å²) in [6, 6.07) is 10.5. The standard InChI is InChI=1S/C17H18N2O4/c1-3-22-16-13(8-6-10-18-16)17(21)23-11-15(20)19-14-9-5-4-7-12(14)2/h4-10H,3,11H2,1-2H3,(H,19,20). The van der Waals surface area contributed by atoms with Crippen molar-refractivity contribution in [2.75, 3.05) is 18.5 Å². The Morgan fingerprint density at radius 1 is 1.17 bits per heavy atom. The summed E-state index contributed by atoms with van der Waals surface area (Å²) >= 11 is 0. The number of rotatable bonds is 6. The molecule has 2 aromatic rings. The van der Waals surface area contributed by atoms with Gasteiger partial charge in [-0.05, 0) is 37.6 Å². The molecule has 6 nitrogen and oxygen atoms in total. The second kappa shape index (κ2) is 7.93. The highest BCUT2D eigenvalue weighted by Gasteiger charge is 2.16. The SMILES string of the molecule is CCOc1ncccc1C(=O)OCC(=O)Nc1ccccc1C. The van der Waals surface area contributed by atoms with Crippen LogP contribution in [0.4, 0.5) is 5.69 Å². The van der Waals surface area contributed by atoms with E-state index < -0.39 is 11.9 Å². The molecular formula is C17H18N2O4. The average Bonchev–Trinajstić information content (AvgIpc) is 2.55. The first kappa shape index (κ1) is 16.5. The van der Waals surface area contributed by atoms with Crippen molar-refractivity contribution in [3.05, 3.63) is 53.7 Å². The lowest BCUT2D eigenvalue weighted by molar-refractivity contribution is -0.119. The second-order valence-electron chi connectivity index (χ2n) is 4.73. The second-order valence-corrected chi connectivity index (χ2v) is 4.73. The van der Waals surface area contributed by atoms with E-state index in [4.69, 9.17) is 9.47 Å². The van der Waals surface area contributed by atoms with Gasteiger partial charge in [-0.3, -0.25) is 4.79 Å². The maximum Gasteiger partial charge on any atom is 0.344 e. The van der Waals surface area contributed by atoms with Crippen molar-refractivity contribution in [3.8, 4) is 5.88 Å². The van der Waals surface area contributed by atoms with Crippen LogP contribution >= 0.6 is 0 Å². The molecule has 0 unspecified atom stereocenters. The lowest BCUT2D eigenvalue weighted by Gasteiger charge is -2.10. The molecule has 2 rings (SSSR count). The summed E-state index contributed by atoms with van der Waals surface area (Å²) in [6.07, 6.45) is 1.52. The van der Waals surface area contributed by atoms with Gasteiger partial charge in [-0.1, -0.05) is 18.2 Å². The van der Waals surface area contributed by atoms with E-state index in [1.165, 1.54) is 6.20 Å². The minimum atomic E-state index is -0.651. The van der Waals surface area contributed by atoms with E-state index >= 15 is 0 Å². The number of nitrogens with zero attached hydrogens (tertiary/aromatic N) is 1. The highest BCUT2D eigenvalue weighted by molar-refractivity contribution is 5.96. The highest BCUT2D eigenvalue weighted by atomic mass is 16.5. The van der Waals surface area contributed by atoms with Gasteiger partial charge in [0.05, 0.1) is 6.61 Å². The summed E-state index contributed by atoms with van der Waals surface area (Å²) < 4.78 is 10.3. The van der Waals surface area contributed by atoms with Gasteiger partial charge in [0.15, 0.2) is 6.61 Å². The van der Waals surface area contributed by atoms with Crippen molar-refractivity contribution < 1.29 is 19.1 Å². The van der Waals surface area contributed by atoms with E-state index in [1.54, 1.807) is 25.1 Å². The van der Waals surface area contributed by atoms with Crippen molar-refractivity contribution in [1.29, 1.82) is 0 Å². The fourth-order valence-corrected chi connectivity index (χ4v) is 1.91. The normalized spacial score (nSPS) is 10.0. The molecule has 0 atom stereocenters. The van der Waals surface area contributed by atoms with Crippen molar-refractivity contribution in [2.45, 2.75) is 13.8 Å². The Morgan fingerprint density at radius 3 is 2.70 bits per heavy atom. The van der Waals surface area contributed by atoms with Crippen molar-refractivity contribution >= 4 is 17.6 Å². The molecule has 6 heteroatoms. The molecule has 0 radical (unpaired) electrons. The number of hydrogen-bond donors (Lipinski definition) is 1. The van der Waals surface area contributed by atoms with Gasteiger partial charge in [-0.2, -0.15) is 0 Å². The molecule has 0 bridgehead atoms. The van der Waals surface area contributed by atoms with Gasteiger partial charge >= 0.3 is 5.97 Å². The van der Waals surface area contributed by atoms with Crippen molar-refractivity contribution in [3.63, 3.8) is 0 Å². The van der Waals surface area contributed by atoms with Crippen LogP contribution in [0.1, 0.15) is 22.8 Å². The Hall–Kier alpha value is -2.89. The van der Waals surface area contributed by atoms with Crippen LogP contribution < -0.4 is 10.1 Å². The molecule has 0 spiro atoms. The molecule has 0 aliphatic rings. The molecule has 0 fully saturated rings. The smallest absolute Gasteiger partial charge is 0.344 e. The van der Waals surface area contributed by atoms with E-state index in [0.717, 1.165) is 5.56 Å². The van der Waals surface area contributed by atoms with Crippen molar-refractivity contribution in [1.82, 2.24) is 4.98 Å². The average molecular weight is 314 g/mol. The number of ether oxygens (including phenoxy) is 2. The number of pyridine rings is 1. The number of carbonyl (C=O) groups is 2. The number of carbonyl (C=O) groups excluding carboxylic acids is 2. The number of benzene rings is 1. The third-order valence-corrected chi connectivity index (χ3v) is 3.03. The zero-order valence-corrected chi connectivity index (χ0v) is 13.0. The van der Waals surface area contributed by atoms with Crippen LogP contribution in [0, 0.1) is 6.92 Å². The van der Waals surface area contributed by atoms with E-state index in [-0.39, 0.29) is 18.1 Å². The quantitative estimate of drug-likeness (QED) is 0.829. The van der Waals surface area contributed by atoms with Crippen LogP contribution in [0.5, 0.6) is 5.88 Å². The van der Waals surface area contributed by atoms with Crippen LogP contribution in [-0.2, 0) is 9.53 Å². The molecular weight excluding hydrogens is 296 g/mol. The van der Waals surface area contributed by atoms with E-state index in [0.29, 0.717) is 12.3 Å². The van der Waals surface area contributed by atoms with Crippen LogP contribution in [0.25, 0.3) is 0 Å². The predicted octanol–water partition coefficient (Wildman–Crippen LogP) is 2.58. The van der Waals surface area contributed by atoms with Crippen LogP contribution in [0.2, 0.25) is 0 Å². The fourth-order valence-electron chi connectivity index (χ4n) is 1.91. The van der Waals surface area contributed by atoms with Gasteiger partial charge in [0.1, 0.15) is 5.56 Å². The lowest BCUT2D eigenvalue weighted by Crippen LogP contribution is -2.21. The largest absolute Gasteiger partial charge is 0.477 e. The molecule has 1 aromatic carbocycles. The number of esters is 1. The van der Waals surface area contributed by atoms with Gasteiger partial charge in [0, 0.05) is 11.9 Å². The molecule has 1 N–H and O–H groups in total. The number of aromatic nitrogens is 1. The summed E-state index contributed by atoms with van der Waals surface area (Å²) in [5, 5.41) is 2.69. The third-order valence-electron chi connectivity index (χ3n) is 3.03. The van der Waals surface area contributed by atoms with Crippen molar-refractivity contribution in [2.24, 2.45) is 0 Å². The topological polar surface area (TPSA) is 77.5 Å². The van der Waals surface area contributed by atoms with E-state index in [9.17, 15) is 9.59 Å². The molecule has 1 amide bonds. The highest BCUT2D eigenvalue weighted by Crippen LogP contribution is 2.16. The fraction of sp³-hybridized carbons (Fsp3) is 0.235. The van der Waals surface area contributed by atoms with Crippen LogP contribution in [0.3, 0.4) is 0 Å². The van der Waals surface area contributed by atoms with Gasteiger partial charge in [-0.15, -0.1) is 0 Å². The zero-order chi connectivity index (χ0) is 16.7. The molecule has 1 heterocycles. The van der Waals surface area contributed by atoms with Crippen LogP contribution in [0.15, 0.2) is 42.6 Å². The number of anilines is 1. The summed E-state index contributed by atoms with van der Waals surface area (Å²) in [5.41, 5.74) is 1.81. The maximum absolute atomic E-state index is 12.0. The number of para-hydroxylation sites is 1. The number of hydrogen-bond acceptors (Lipinski definition) is 5. The van der Waals surface area contributed by atoms with Gasteiger partial charge in [0.2, 0.25) is 5.88 Å². The summed E-state index contributed by atoms with van der Waals surface area (Å²) in [6.45, 7) is 3.67. The zero-order valence-electron chi connectivity index (χ0n) is 13.0. The van der Waals surface area contributed by atoms with Gasteiger partial charge < -0.3 is 14.8 Å². The number of amides is 1. The Labute approximate surface area is 134 Å². The minimum Gasteiger partial charge on any atom is -0.477 e. The summed E-state index contributed by atoms with van der Waals surface area (Å²) in [4.78, 5) is 27.9.